The van der Waals surface area contributed by atoms with Gasteiger partial charge in [0.05, 0.1) is 24.1 Å². The number of alkyl halides is 3. The van der Waals surface area contributed by atoms with E-state index in [-0.39, 0.29) is 0 Å². The summed E-state index contributed by atoms with van der Waals surface area (Å²) >= 11 is 0. The van der Waals surface area contributed by atoms with Crippen molar-refractivity contribution in [1.82, 2.24) is 20.4 Å². The molecular formula is C16H19F3N4O4. The summed E-state index contributed by atoms with van der Waals surface area (Å²) in [5.41, 5.74) is 2.73. The molecule has 1 saturated heterocycles. The number of carboxylic acids is 1. The highest BCUT2D eigenvalue weighted by Gasteiger charge is 2.38. The highest BCUT2D eigenvalue weighted by Crippen LogP contribution is 2.32. The van der Waals surface area contributed by atoms with E-state index < -0.39 is 12.1 Å². The van der Waals surface area contributed by atoms with Crippen LogP contribution in [0.2, 0.25) is 0 Å². The first kappa shape index (κ1) is 20.6. The number of methoxy groups -OCH3 is 1. The molecule has 8 nitrogen and oxygen atoms in total. The molecule has 0 aliphatic carbocycles. The molecule has 0 saturated carbocycles. The molecule has 1 fully saturated rings. The Kier molecular flexibility index (Phi) is 6.72. The van der Waals surface area contributed by atoms with E-state index in [1.807, 2.05) is 13.0 Å². The largest absolute Gasteiger partial charge is 0.490 e. The molecule has 2 aromatic rings. The Morgan fingerprint density at radius 3 is 2.63 bits per heavy atom. The average molecular weight is 388 g/mol. The highest BCUT2D eigenvalue weighted by molar-refractivity contribution is 5.73. The maximum Gasteiger partial charge on any atom is 0.490 e. The Balaban J connectivity index is 0.000000321. The normalized spacial score (nSPS) is 17.0. The van der Waals surface area contributed by atoms with Crippen LogP contribution in [0.15, 0.2) is 16.8 Å². The molecule has 1 unspecified atom stereocenters. The van der Waals surface area contributed by atoms with Crippen molar-refractivity contribution in [1.29, 1.82) is 0 Å². The fourth-order valence-corrected chi connectivity index (χ4v) is 2.55. The van der Waals surface area contributed by atoms with Crippen LogP contribution in [0, 0.1) is 6.92 Å². The van der Waals surface area contributed by atoms with E-state index in [1.165, 1.54) is 0 Å². The molecular weight excluding hydrogens is 369 g/mol. The summed E-state index contributed by atoms with van der Waals surface area (Å²) < 4.78 is 42.3. The number of ether oxygens (including phenoxy) is 1. The smallest absolute Gasteiger partial charge is 0.475 e. The second kappa shape index (κ2) is 8.80. The van der Waals surface area contributed by atoms with Crippen LogP contribution in [-0.2, 0) is 4.79 Å². The molecule has 3 rings (SSSR count). The number of aromatic nitrogens is 3. The maximum atomic E-state index is 10.6. The van der Waals surface area contributed by atoms with E-state index in [1.54, 1.807) is 13.3 Å². The van der Waals surface area contributed by atoms with Gasteiger partial charge in [-0.25, -0.2) is 9.78 Å². The van der Waals surface area contributed by atoms with Gasteiger partial charge in [-0.3, -0.25) is 0 Å². The Morgan fingerprint density at radius 1 is 1.44 bits per heavy atom. The zero-order chi connectivity index (χ0) is 20.0. The fraction of sp³-hybridized carbons (Fsp3) is 0.500. The van der Waals surface area contributed by atoms with Gasteiger partial charge in [0.1, 0.15) is 0 Å². The van der Waals surface area contributed by atoms with Crippen LogP contribution in [0.3, 0.4) is 0 Å². The van der Waals surface area contributed by atoms with Crippen LogP contribution in [0.1, 0.15) is 30.1 Å². The predicted octanol–water partition coefficient (Wildman–Crippen LogP) is 2.55. The number of carboxylic acid groups (broad SMARTS) is 1. The highest BCUT2D eigenvalue weighted by atomic mass is 19.4. The molecule has 27 heavy (non-hydrogen) atoms. The summed E-state index contributed by atoms with van der Waals surface area (Å²) in [4.78, 5) is 17.6. The van der Waals surface area contributed by atoms with Gasteiger partial charge in [-0.05, 0) is 26.3 Å². The number of halogens is 3. The number of carbonyl (C=O) groups is 1. The van der Waals surface area contributed by atoms with E-state index in [4.69, 9.17) is 19.2 Å². The van der Waals surface area contributed by atoms with E-state index in [0.717, 1.165) is 42.9 Å². The molecule has 1 aliphatic rings. The van der Waals surface area contributed by atoms with Crippen LogP contribution in [0.5, 0.6) is 6.01 Å². The molecule has 0 spiro atoms. The van der Waals surface area contributed by atoms with Gasteiger partial charge >= 0.3 is 18.2 Å². The first-order valence-corrected chi connectivity index (χ1v) is 8.07. The van der Waals surface area contributed by atoms with Crippen molar-refractivity contribution in [2.45, 2.75) is 31.9 Å². The minimum atomic E-state index is -5.08. The minimum absolute atomic E-state index is 0.348. The number of aliphatic carboxylic acids is 1. The van der Waals surface area contributed by atoms with Crippen molar-refractivity contribution in [2.75, 3.05) is 20.2 Å². The SMILES string of the molecule is COc1ncc(-c2cc(C)no2)c(C2CCCNC2)n1.O=C(O)C(F)(F)F. The van der Waals surface area contributed by atoms with Gasteiger partial charge in [0, 0.05) is 24.7 Å². The predicted molar refractivity (Wildman–Crippen MR) is 87.4 cm³/mol. The molecule has 0 bridgehead atoms. The molecule has 148 valence electrons. The van der Waals surface area contributed by atoms with E-state index >= 15 is 0 Å². The van der Waals surface area contributed by atoms with E-state index in [2.05, 4.69) is 20.4 Å². The van der Waals surface area contributed by atoms with Crippen LogP contribution in [-0.4, -0.2) is 52.6 Å². The lowest BCUT2D eigenvalue weighted by atomic mass is 9.92. The first-order chi connectivity index (χ1) is 12.7. The monoisotopic (exact) mass is 388 g/mol. The summed E-state index contributed by atoms with van der Waals surface area (Å²) in [6.45, 7) is 3.88. The van der Waals surface area contributed by atoms with Gasteiger partial charge in [-0.2, -0.15) is 18.2 Å². The van der Waals surface area contributed by atoms with Crippen LogP contribution in [0.4, 0.5) is 13.2 Å². The summed E-state index contributed by atoms with van der Waals surface area (Å²) in [6, 6.07) is 2.30. The fourth-order valence-electron chi connectivity index (χ4n) is 2.55. The van der Waals surface area contributed by atoms with Gasteiger partial charge in [0.15, 0.2) is 5.76 Å². The van der Waals surface area contributed by atoms with Crippen molar-refractivity contribution in [2.24, 2.45) is 0 Å². The van der Waals surface area contributed by atoms with Gasteiger partial charge in [-0.15, -0.1) is 0 Å². The number of rotatable bonds is 3. The van der Waals surface area contributed by atoms with Crippen LogP contribution >= 0.6 is 0 Å². The van der Waals surface area contributed by atoms with Gasteiger partial charge in [0.2, 0.25) is 0 Å². The molecule has 1 aliphatic heterocycles. The average Bonchev–Trinajstić information content (AvgIpc) is 3.08. The van der Waals surface area contributed by atoms with Gasteiger partial charge in [0.25, 0.3) is 0 Å². The zero-order valence-electron chi connectivity index (χ0n) is 14.7. The lowest BCUT2D eigenvalue weighted by molar-refractivity contribution is -0.192. The second-order valence-electron chi connectivity index (χ2n) is 5.83. The summed E-state index contributed by atoms with van der Waals surface area (Å²) in [5, 5.41) is 14.5. The number of nitrogens with zero attached hydrogens (tertiary/aromatic N) is 3. The van der Waals surface area contributed by atoms with Crippen molar-refractivity contribution < 1.29 is 32.3 Å². The standard InChI is InChI=1S/C14H18N4O2.C2HF3O2/c1-9-6-12(20-18-9)11-8-16-14(19-2)17-13(11)10-4-3-5-15-7-10;3-2(4,5)1(6)7/h6,8,10,15H,3-5,7H2,1-2H3;(H,6,7). The number of hydrogen-bond acceptors (Lipinski definition) is 7. The third-order valence-electron chi connectivity index (χ3n) is 3.80. The molecule has 0 aromatic carbocycles. The lowest BCUT2D eigenvalue weighted by Gasteiger charge is -2.23. The molecule has 2 aromatic heterocycles. The Bertz CT molecular complexity index is 773. The molecule has 0 amide bonds. The zero-order valence-corrected chi connectivity index (χ0v) is 14.7. The van der Waals surface area contributed by atoms with Crippen molar-refractivity contribution in [3.8, 4) is 17.3 Å². The quantitative estimate of drug-likeness (QED) is 0.825. The number of piperidine rings is 1. The lowest BCUT2D eigenvalue weighted by Crippen LogP contribution is -2.29. The third kappa shape index (κ3) is 5.64. The molecule has 11 heteroatoms. The third-order valence-corrected chi connectivity index (χ3v) is 3.80. The Hall–Kier alpha value is -2.69. The van der Waals surface area contributed by atoms with Gasteiger partial charge < -0.3 is 19.7 Å². The molecule has 0 radical (unpaired) electrons. The Morgan fingerprint density at radius 2 is 2.15 bits per heavy atom. The summed E-state index contributed by atoms with van der Waals surface area (Å²) in [5.74, 6) is -1.70. The Labute approximate surface area is 152 Å². The molecule has 2 N–H and O–H groups in total. The topological polar surface area (TPSA) is 110 Å². The minimum Gasteiger partial charge on any atom is -0.475 e. The number of nitrogens with one attached hydrogen (secondary N) is 1. The summed E-state index contributed by atoms with van der Waals surface area (Å²) in [6.07, 6.45) is -1.07. The first-order valence-electron chi connectivity index (χ1n) is 8.07. The van der Waals surface area contributed by atoms with Crippen LogP contribution in [0.25, 0.3) is 11.3 Å². The van der Waals surface area contributed by atoms with Gasteiger partial charge in [-0.1, -0.05) is 5.16 Å². The second-order valence-corrected chi connectivity index (χ2v) is 5.83. The van der Waals surface area contributed by atoms with Crippen LogP contribution < -0.4 is 10.1 Å². The van der Waals surface area contributed by atoms with Crippen molar-refractivity contribution >= 4 is 5.97 Å². The van der Waals surface area contributed by atoms with Crippen molar-refractivity contribution in [3.05, 3.63) is 23.7 Å². The number of hydrogen-bond donors (Lipinski definition) is 2. The van der Waals surface area contributed by atoms with E-state index in [0.29, 0.717) is 17.7 Å². The maximum absolute atomic E-state index is 10.6. The van der Waals surface area contributed by atoms with Crippen molar-refractivity contribution in [3.63, 3.8) is 0 Å². The molecule has 3 heterocycles. The molecule has 1 atom stereocenters. The number of aryl methyl sites for hydroxylation is 1. The van der Waals surface area contributed by atoms with E-state index in [9.17, 15) is 13.2 Å². The summed E-state index contributed by atoms with van der Waals surface area (Å²) in [7, 11) is 1.58.